The molecule has 0 aromatic heterocycles. The highest BCUT2D eigenvalue weighted by atomic mass is 19.1. The van der Waals surface area contributed by atoms with Gasteiger partial charge < -0.3 is 10.1 Å². The lowest BCUT2D eigenvalue weighted by Crippen LogP contribution is -2.16. The molecular weight excluding hydrogens is 332 g/mol. The predicted molar refractivity (Wildman–Crippen MR) is 86.3 cm³/mol. The summed E-state index contributed by atoms with van der Waals surface area (Å²) < 4.78 is 31.6. The molecule has 1 amide bonds. The van der Waals surface area contributed by atoms with E-state index in [0.29, 0.717) is 12.1 Å². The fourth-order valence-corrected chi connectivity index (χ4v) is 1.97. The Labute approximate surface area is 142 Å². The van der Waals surface area contributed by atoms with E-state index in [-0.39, 0.29) is 11.5 Å². The average Bonchev–Trinajstić information content (AvgIpc) is 2.60. The summed E-state index contributed by atoms with van der Waals surface area (Å²) in [5.41, 5.74) is -0.0851. The van der Waals surface area contributed by atoms with Crippen molar-refractivity contribution in [3.63, 3.8) is 0 Å². The average molecular weight is 347 g/mol. The third kappa shape index (κ3) is 4.69. The fraction of sp³-hybridized carbons (Fsp3) is 0.167. The van der Waals surface area contributed by atoms with Gasteiger partial charge in [-0.05, 0) is 36.4 Å². The fourth-order valence-electron chi connectivity index (χ4n) is 1.97. The van der Waals surface area contributed by atoms with Crippen LogP contribution in [-0.2, 0) is 9.53 Å². The number of benzene rings is 2. The van der Waals surface area contributed by atoms with Crippen molar-refractivity contribution in [2.24, 2.45) is 0 Å². The molecule has 2 aromatic carbocycles. The third-order valence-electron chi connectivity index (χ3n) is 3.31. The number of carbonyl (C=O) groups is 3. The molecule has 0 aliphatic carbocycles. The topological polar surface area (TPSA) is 72.5 Å². The number of esters is 1. The summed E-state index contributed by atoms with van der Waals surface area (Å²) in [6, 6.07) is 8.91. The van der Waals surface area contributed by atoms with Gasteiger partial charge in [-0.15, -0.1) is 0 Å². The number of carbonyl (C=O) groups excluding carboxylic acids is 3. The van der Waals surface area contributed by atoms with E-state index >= 15 is 0 Å². The molecule has 0 saturated carbocycles. The zero-order chi connectivity index (χ0) is 18.4. The first-order valence-electron chi connectivity index (χ1n) is 7.46. The number of Topliss-reactive ketones (excluding diaryl/α,β-unsaturated/α-hetero) is 1. The van der Waals surface area contributed by atoms with Crippen LogP contribution in [0.5, 0.6) is 0 Å². The number of hydrogen-bond acceptors (Lipinski definition) is 4. The summed E-state index contributed by atoms with van der Waals surface area (Å²) in [6.07, 6.45) is 0.323. The minimum absolute atomic E-state index is 0.167. The summed E-state index contributed by atoms with van der Waals surface area (Å²) in [7, 11) is 0. The van der Waals surface area contributed by atoms with Crippen LogP contribution >= 0.6 is 0 Å². The Hall–Kier alpha value is -3.09. The van der Waals surface area contributed by atoms with Gasteiger partial charge in [0.2, 0.25) is 5.91 Å². The molecule has 0 atom stereocenters. The van der Waals surface area contributed by atoms with E-state index in [9.17, 15) is 23.2 Å². The van der Waals surface area contributed by atoms with Crippen LogP contribution in [0.15, 0.2) is 42.5 Å². The number of rotatable bonds is 6. The highest BCUT2D eigenvalue weighted by Gasteiger charge is 2.19. The summed E-state index contributed by atoms with van der Waals surface area (Å²) >= 11 is 0. The Morgan fingerprint density at radius 2 is 1.60 bits per heavy atom. The number of anilines is 1. The van der Waals surface area contributed by atoms with Crippen molar-refractivity contribution >= 4 is 23.3 Å². The molecule has 25 heavy (non-hydrogen) atoms. The second-order valence-electron chi connectivity index (χ2n) is 5.08. The largest absolute Gasteiger partial charge is 0.454 e. The Kier molecular flexibility index (Phi) is 5.94. The SMILES string of the molecule is CCC(=O)Nc1ccc(C(=O)COC(=O)c2c(F)cccc2F)cc1. The maximum Gasteiger partial charge on any atom is 0.344 e. The Morgan fingerprint density at radius 1 is 1.00 bits per heavy atom. The molecule has 0 saturated heterocycles. The minimum atomic E-state index is -1.25. The van der Waals surface area contributed by atoms with Gasteiger partial charge in [0.05, 0.1) is 0 Å². The standard InChI is InChI=1S/C18H15F2NO4/c1-2-16(23)21-12-8-6-11(7-9-12)15(22)10-25-18(24)17-13(19)4-3-5-14(17)20/h3-9H,2,10H2,1H3,(H,21,23). The lowest BCUT2D eigenvalue weighted by molar-refractivity contribution is -0.115. The summed E-state index contributed by atoms with van der Waals surface area (Å²) in [5.74, 6) is -4.09. The third-order valence-corrected chi connectivity index (χ3v) is 3.31. The van der Waals surface area contributed by atoms with Crippen molar-refractivity contribution in [2.45, 2.75) is 13.3 Å². The van der Waals surface area contributed by atoms with E-state index in [1.54, 1.807) is 6.92 Å². The Balaban J connectivity index is 1.98. The molecule has 0 aliphatic heterocycles. The first kappa shape index (κ1) is 18.3. The molecule has 2 aromatic rings. The predicted octanol–water partition coefficient (Wildman–Crippen LogP) is 3.35. The number of ether oxygens (including phenoxy) is 1. The van der Waals surface area contributed by atoms with Gasteiger partial charge in [0, 0.05) is 17.7 Å². The van der Waals surface area contributed by atoms with Crippen LogP contribution in [0.4, 0.5) is 14.5 Å². The molecule has 130 valence electrons. The number of hydrogen-bond donors (Lipinski definition) is 1. The number of ketones is 1. The Bertz CT molecular complexity index is 783. The van der Waals surface area contributed by atoms with Crippen molar-refractivity contribution in [3.05, 3.63) is 65.2 Å². The Morgan fingerprint density at radius 3 is 2.16 bits per heavy atom. The van der Waals surface area contributed by atoms with Gasteiger partial charge in [-0.25, -0.2) is 13.6 Å². The minimum Gasteiger partial charge on any atom is -0.454 e. The molecule has 0 radical (unpaired) electrons. The first-order valence-corrected chi connectivity index (χ1v) is 7.46. The normalized spacial score (nSPS) is 10.2. The first-order chi connectivity index (χ1) is 11.9. The van der Waals surface area contributed by atoms with Crippen LogP contribution in [0.2, 0.25) is 0 Å². The monoisotopic (exact) mass is 347 g/mol. The maximum atomic E-state index is 13.5. The van der Waals surface area contributed by atoms with Crippen LogP contribution < -0.4 is 5.32 Å². The summed E-state index contributed by atoms with van der Waals surface area (Å²) in [6.45, 7) is 1.05. The molecule has 7 heteroatoms. The van der Waals surface area contributed by atoms with E-state index in [1.807, 2.05) is 0 Å². The molecular formula is C18H15F2NO4. The van der Waals surface area contributed by atoms with Crippen LogP contribution in [0.25, 0.3) is 0 Å². The zero-order valence-corrected chi connectivity index (χ0v) is 13.3. The smallest absolute Gasteiger partial charge is 0.344 e. The zero-order valence-electron chi connectivity index (χ0n) is 13.3. The van der Waals surface area contributed by atoms with Gasteiger partial charge in [-0.3, -0.25) is 9.59 Å². The highest BCUT2D eigenvalue weighted by Crippen LogP contribution is 2.14. The molecule has 5 nitrogen and oxygen atoms in total. The maximum absolute atomic E-state index is 13.5. The quantitative estimate of drug-likeness (QED) is 0.642. The van der Waals surface area contributed by atoms with E-state index in [4.69, 9.17) is 0 Å². The molecule has 0 fully saturated rings. The lowest BCUT2D eigenvalue weighted by Gasteiger charge is -2.07. The van der Waals surface area contributed by atoms with Crippen molar-refractivity contribution in [3.8, 4) is 0 Å². The molecule has 2 rings (SSSR count). The van der Waals surface area contributed by atoms with Gasteiger partial charge in [0.25, 0.3) is 0 Å². The second-order valence-corrected chi connectivity index (χ2v) is 5.08. The molecule has 0 aliphatic rings. The lowest BCUT2D eigenvalue weighted by atomic mass is 10.1. The van der Waals surface area contributed by atoms with Crippen LogP contribution in [0.1, 0.15) is 34.1 Å². The number of halogens is 2. The van der Waals surface area contributed by atoms with Crippen LogP contribution in [-0.4, -0.2) is 24.3 Å². The van der Waals surface area contributed by atoms with Gasteiger partial charge >= 0.3 is 5.97 Å². The van der Waals surface area contributed by atoms with Gasteiger partial charge in [0.15, 0.2) is 12.4 Å². The van der Waals surface area contributed by atoms with Crippen molar-refractivity contribution in [1.29, 1.82) is 0 Å². The van der Waals surface area contributed by atoms with Crippen molar-refractivity contribution in [2.75, 3.05) is 11.9 Å². The second kappa shape index (κ2) is 8.14. The van der Waals surface area contributed by atoms with E-state index in [1.165, 1.54) is 24.3 Å². The number of amides is 1. The van der Waals surface area contributed by atoms with Crippen LogP contribution in [0.3, 0.4) is 0 Å². The number of nitrogens with one attached hydrogen (secondary N) is 1. The highest BCUT2D eigenvalue weighted by molar-refractivity contribution is 6.00. The molecule has 0 bridgehead atoms. The van der Waals surface area contributed by atoms with Crippen molar-refractivity contribution < 1.29 is 27.9 Å². The van der Waals surface area contributed by atoms with Gasteiger partial charge in [-0.2, -0.15) is 0 Å². The van der Waals surface area contributed by atoms with Gasteiger partial charge in [-0.1, -0.05) is 13.0 Å². The molecule has 0 spiro atoms. The summed E-state index contributed by atoms with van der Waals surface area (Å²) in [5, 5.41) is 2.62. The molecule has 1 N–H and O–H groups in total. The van der Waals surface area contributed by atoms with Crippen LogP contribution in [0, 0.1) is 11.6 Å². The molecule has 0 unspecified atom stereocenters. The molecule has 0 heterocycles. The van der Waals surface area contributed by atoms with Gasteiger partial charge in [0.1, 0.15) is 17.2 Å². The van der Waals surface area contributed by atoms with E-state index < -0.39 is 35.6 Å². The summed E-state index contributed by atoms with van der Waals surface area (Å²) in [4.78, 5) is 35.0. The van der Waals surface area contributed by atoms with E-state index in [0.717, 1.165) is 18.2 Å². The van der Waals surface area contributed by atoms with E-state index in [2.05, 4.69) is 10.1 Å². The van der Waals surface area contributed by atoms with Crippen molar-refractivity contribution in [1.82, 2.24) is 0 Å².